The first-order valence-electron chi connectivity index (χ1n) is 6.29. The van der Waals surface area contributed by atoms with Crippen LogP contribution in [0.15, 0.2) is 33.3 Å². The number of carbonyl (C=O) groups is 2. The lowest BCUT2D eigenvalue weighted by Crippen LogP contribution is -2.19. The highest BCUT2D eigenvalue weighted by Crippen LogP contribution is 2.24. The van der Waals surface area contributed by atoms with Crippen LogP contribution in [0.3, 0.4) is 0 Å². The molecule has 0 atom stereocenters. The van der Waals surface area contributed by atoms with E-state index in [4.69, 9.17) is 0 Å². The second-order valence-electron chi connectivity index (χ2n) is 4.40. The summed E-state index contributed by atoms with van der Waals surface area (Å²) in [6, 6.07) is 3.41. The van der Waals surface area contributed by atoms with E-state index in [2.05, 4.69) is 42.8 Å². The maximum absolute atomic E-state index is 11.6. The van der Waals surface area contributed by atoms with Crippen LogP contribution in [-0.2, 0) is 14.3 Å². The number of rotatable bonds is 3. The van der Waals surface area contributed by atoms with Gasteiger partial charge in [0.25, 0.3) is 5.91 Å². The first-order valence-corrected chi connectivity index (χ1v) is 8.19. The molecule has 1 aromatic carbocycles. The van der Waals surface area contributed by atoms with Crippen molar-refractivity contribution < 1.29 is 19.4 Å². The number of aromatic hydroxyl groups is 1. The molecular weight excluding hydrogens is 433 g/mol. The summed E-state index contributed by atoms with van der Waals surface area (Å²) in [4.78, 5) is 22.9. The van der Waals surface area contributed by atoms with Crippen molar-refractivity contribution in [3.63, 3.8) is 0 Å². The van der Waals surface area contributed by atoms with Gasteiger partial charge < -0.3 is 9.84 Å². The van der Waals surface area contributed by atoms with Gasteiger partial charge in [0.15, 0.2) is 5.17 Å². The Morgan fingerprint density at radius 2 is 2.22 bits per heavy atom. The van der Waals surface area contributed by atoms with Crippen LogP contribution in [0, 0.1) is 10.5 Å². The molecule has 7 nitrogen and oxygen atoms in total. The van der Waals surface area contributed by atoms with Gasteiger partial charge in [-0.15, -0.1) is 5.10 Å². The van der Waals surface area contributed by atoms with E-state index >= 15 is 0 Å². The summed E-state index contributed by atoms with van der Waals surface area (Å²) in [6.45, 7) is 1.89. The Balaban J connectivity index is 2.13. The number of phenols is 1. The Morgan fingerprint density at radius 3 is 2.91 bits per heavy atom. The molecule has 120 valence electrons. The predicted octanol–water partition coefficient (Wildman–Crippen LogP) is 1.92. The highest BCUT2D eigenvalue weighted by molar-refractivity contribution is 14.1. The second-order valence-corrected chi connectivity index (χ2v) is 6.59. The summed E-state index contributed by atoms with van der Waals surface area (Å²) >= 11 is 3.13. The fourth-order valence-corrected chi connectivity index (χ4v) is 2.80. The standard InChI is InChI=1S/C14H12IN3O4S/c1-7-3-10(19)8(4-9(7)15)6-16-18-14-17-13(21)11(23-14)5-12(20)22-2/h3-6,19H,1-2H3,(H,17,18,21)/b11-5+,16-6?. The highest BCUT2D eigenvalue weighted by Gasteiger charge is 2.24. The third-order valence-electron chi connectivity index (χ3n) is 2.75. The molecule has 23 heavy (non-hydrogen) atoms. The summed E-state index contributed by atoms with van der Waals surface area (Å²) in [5.74, 6) is -0.963. The number of hydrogen-bond donors (Lipinski definition) is 2. The number of aryl methyl sites for hydroxylation is 1. The highest BCUT2D eigenvalue weighted by atomic mass is 127. The number of ether oxygens (including phenoxy) is 1. The lowest BCUT2D eigenvalue weighted by atomic mass is 10.1. The molecule has 0 spiro atoms. The minimum atomic E-state index is -0.619. The van der Waals surface area contributed by atoms with E-state index in [0.717, 1.165) is 27.0 Å². The lowest BCUT2D eigenvalue weighted by Gasteiger charge is -2.02. The van der Waals surface area contributed by atoms with Gasteiger partial charge >= 0.3 is 5.97 Å². The van der Waals surface area contributed by atoms with Gasteiger partial charge in [-0.05, 0) is 59.0 Å². The zero-order valence-electron chi connectivity index (χ0n) is 12.2. The van der Waals surface area contributed by atoms with Gasteiger partial charge in [-0.2, -0.15) is 5.10 Å². The number of carbonyl (C=O) groups excluding carboxylic acids is 2. The monoisotopic (exact) mass is 445 g/mol. The van der Waals surface area contributed by atoms with Crippen LogP contribution in [0.25, 0.3) is 0 Å². The Hall–Kier alpha value is -1.88. The van der Waals surface area contributed by atoms with E-state index < -0.39 is 11.9 Å². The van der Waals surface area contributed by atoms with E-state index in [1.807, 2.05) is 6.92 Å². The Morgan fingerprint density at radius 1 is 1.48 bits per heavy atom. The van der Waals surface area contributed by atoms with Gasteiger partial charge in [0.1, 0.15) is 5.75 Å². The van der Waals surface area contributed by atoms with Crippen LogP contribution in [0.5, 0.6) is 5.75 Å². The Bertz CT molecular complexity index is 759. The molecule has 1 fully saturated rings. The van der Waals surface area contributed by atoms with E-state index in [9.17, 15) is 14.7 Å². The number of halogens is 1. The fourth-order valence-electron chi connectivity index (χ4n) is 1.57. The zero-order valence-corrected chi connectivity index (χ0v) is 15.1. The molecule has 0 aromatic heterocycles. The molecule has 1 aromatic rings. The van der Waals surface area contributed by atoms with Crippen LogP contribution in [0.2, 0.25) is 0 Å². The summed E-state index contributed by atoms with van der Waals surface area (Å²) in [5.41, 5.74) is 1.48. The number of thioether (sulfide) groups is 1. The number of esters is 1. The Labute approximate surface area is 150 Å². The molecule has 0 unspecified atom stereocenters. The fraction of sp³-hybridized carbons (Fsp3) is 0.143. The van der Waals surface area contributed by atoms with Gasteiger partial charge in [-0.1, -0.05) is 0 Å². The summed E-state index contributed by atoms with van der Waals surface area (Å²) < 4.78 is 5.45. The van der Waals surface area contributed by atoms with Crippen molar-refractivity contribution >= 4 is 57.6 Å². The molecule has 1 aliphatic heterocycles. The van der Waals surface area contributed by atoms with E-state index in [0.29, 0.717) is 5.56 Å². The van der Waals surface area contributed by atoms with Gasteiger partial charge in [0.05, 0.1) is 18.2 Å². The third kappa shape index (κ3) is 4.55. The van der Waals surface area contributed by atoms with Crippen molar-refractivity contribution in [1.29, 1.82) is 0 Å². The molecule has 0 saturated carbocycles. The summed E-state index contributed by atoms with van der Waals surface area (Å²) in [6.07, 6.45) is 2.47. The summed E-state index contributed by atoms with van der Waals surface area (Å²) in [7, 11) is 1.23. The molecule has 9 heteroatoms. The average molecular weight is 445 g/mol. The molecule has 1 saturated heterocycles. The number of amidine groups is 1. The van der Waals surface area contributed by atoms with Crippen molar-refractivity contribution in [2.24, 2.45) is 10.2 Å². The zero-order chi connectivity index (χ0) is 17.0. The minimum absolute atomic E-state index is 0.0984. The average Bonchev–Trinajstić information content (AvgIpc) is 2.84. The molecule has 0 radical (unpaired) electrons. The topological polar surface area (TPSA) is 100 Å². The van der Waals surface area contributed by atoms with Gasteiger partial charge in [-0.25, -0.2) is 4.79 Å². The lowest BCUT2D eigenvalue weighted by molar-refractivity contribution is -0.135. The first-order chi connectivity index (χ1) is 10.9. The Kier molecular flexibility index (Phi) is 5.77. The van der Waals surface area contributed by atoms with Gasteiger partial charge in [0.2, 0.25) is 0 Å². The van der Waals surface area contributed by atoms with Crippen molar-refractivity contribution in [3.8, 4) is 5.75 Å². The maximum atomic E-state index is 11.6. The van der Waals surface area contributed by atoms with E-state index in [-0.39, 0.29) is 15.8 Å². The van der Waals surface area contributed by atoms with Crippen molar-refractivity contribution in [3.05, 3.63) is 37.8 Å². The number of nitrogens with one attached hydrogen (secondary N) is 1. The van der Waals surface area contributed by atoms with Crippen LogP contribution in [0.1, 0.15) is 11.1 Å². The molecule has 0 aliphatic carbocycles. The number of amides is 1. The predicted molar refractivity (Wildman–Crippen MR) is 96.4 cm³/mol. The van der Waals surface area contributed by atoms with Crippen LogP contribution in [-0.4, -0.2) is 35.5 Å². The van der Waals surface area contributed by atoms with Crippen LogP contribution >= 0.6 is 34.4 Å². The van der Waals surface area contributed by atoms with Crippen molar-refractivity contribution in [1.82, 2.24) is 5.32 Å². The van der Waals surface area contributed by atoms with Crippen molar-refractivity contribution in [2.75, 3.05) is 7.11 Å². The molecule has 2 N–H and O–H groups in total. The third-order valence-corrected chi connectivity index (χ3v) is 4.82. The van der Waals surface area contributed by atoms with Gasteiger partial charge in [-0.3, -0.25) is 10.1 Å². The van der Waals surface area contributed by atoms with Crippen LogP contribution < -0.4 is 5.32 Å². The van der Waals surface area contributed by atoms with Crippen molar-refractivity contribution in [2.45, 2.75) is 6.92 Å². The largest absolute Gasteiger partial charge is 0.507 e. The minimum Gasteiger partial charge on any atom is -0.507 e. The second kappa shape index (κ2) is 7.59. The molecule has 1 heterocycles. The van der Waals surface area contributed by atoms with Gasteiger partial charge in [0, 0.05) is 15.2 Å². The number of benzene rings is 1. The van der Waals surface area contributed by atoms with Crippen LogP contribution in [0.4, 0.5) is 0 Å². The van der Waals surface area contributed by atoms with E-state index in [1.54, 1.807) is 12.1 Å². The first kappa shape index (κ1) is 17.5. The van der Waals surface area contributed by atoms with E-state index in [1.165, 1.54) is 13.3 Å². The number of hydrogen-bond acceptors (Lipinski definition) is 7. The SMILES string of the molecule is COC(=O)/C=C1/S/C(=N\N=Cc2cc(I)c(C)cc2O)NC1=O. The smallest absolute Gasteiger partial charge is 0.331 e. The summed E-state index contributed by atoms with van der Waals surface area (Å²) in [5, 5.41) is 20.3. The number of methoxy groups -OCH3 is 1. The molecule has 1 amide bonds. The molecule has 0 bridgehead atoms. The number of phenolic OH excluding ortho intramolecular Hbond substituents is 1. The quantitative estimate of drug-likeness (QED) is 0.244. The molecular formula is C14H12IN3O4S. The normalized spacial score (nSPS) is 18.0. The number of nitrogens with zero attached hydrogens (tertiary/aromatic N) is 2. The maximum Gasteiger partial charge on any atom is 0.331 e. The molecule has 2 rings (SSSR count). The molecule has 1 aliphatic rings.